The van der Waals surface area contributed by atoms with Gasteiger partial charge in [0.2, 0.25) is 11.8 Å². The van der Waals surface area contributed by atoms with Gasteiger partial charge >= 0.3 is 5.97 Å². The molecule has 2 amide bonds. The monoisotopic (exact) mass is 298 g/mol. The van der Waals surface area contributed by atoms with Crippen molar-refractivity contribution in [2.45, 2.75) is 45.6 Å². The van der Waals surface area contributed by atoms with Gasteiger partial charge in [-0.25, -0.2) is 0 Å². The Morgan fingerprint density at radius 1 is 1.19 bits per heavy atom. The van der Waals surface area contributed by atoms with Crippen LogP contribution in [0.2, 0.25) is 0 Å². The molecule has 6 nitrogen and oxygen atoms in total. The van der Waals surface area contributed by atoms with Crippen molar-refractivity contribution in [3.63, 3.8) is 0 Å². The summed E-state index contributed by atoms with van der Waals surface area (Å²) in [6.45, 7) is 3.97. The van der Waals surface area contributed by atoms with Crippen molar-refractivity contribution < 1.29 is 19.5 Å². The molecule has 1 aliphatic rings. The van der Waals surface area contributed by atoms with Crippen LogP contribution in [-0.2, 0) is 14.4 Å². The molecule has 0 spiro atoms. The zero-order valence-electron chi connectivity index (χ0n) is 13.3. The number of rotatable bonds is 6. The highest BCUT2D eigenvalue weighted by Gasteiger charge is 2.39. The number of hydrogen-bond acceptors (Lipinski definition) is 3. The maximum absolute atomic E-state index is 12.3. The van der Waals surface area contributed by atoms with Crippen molar-refractivity contribution in [2.75, 3.05) is 14.1 Å². The Morgan fingerprint density at radius 2 is 1.76 bits per heavy atom. The standard InChI is InChI=1S/C15H26N2O4/c1-9(2)8-12(14(19)17(3)4)16-13(18)10-6-5-7-11(10)15(20)21/h9-12H,5-8H2,1-4H3,(H,16,18)(H,20,21)/t10-,11+,12?/m1/s1. The highest BCUT2D eigenvalue weighted by Crippen LogP contribution is 2.32. The molecule has 6 heteroatoms. The number of carboxylic acids is 1. The molecule has 0 bridgehead atoms. The Kier molecular flexibility index (Phi) is 6.18. The topological polar surface area (TPSA) is 86.7 Å². The Bertz CT molecular complexity index is 406. The molecular formula is C15H26N2O4. The van der Waals surface area contributed by atoms with E-state index in [1.807, 2.05) is 13.8 Å². The molecule has 3 atom stereocenters. The Morgan fingerprint density at radius 3 is 2.24 bits per heavy atom. The molecule has 0 saturated heterocycles. The molecule has 1 saturated carbocycles. The Labute approximate surface area is 125 Å². The summed E-state index contributed by atoms with van der Waals surface area (Å²) in [7, 11) is 3.30. The van der Waals surface area contributed by atoms with E-state index in [-0.39, 0.29) is 17.7 Å². The molecule has 0 heterocycles. The highest BCUT2D eigenvalue weighted by atomic mass is 16.4. The van der Waals surface area contributed by atoms with E-state index in [1.54, 1.807) is 14.1 Å². The Balaban J connectivity index is 2.75. The molecule has 120 valence electrons. The molecular weight excluding hydrogens is 272 g/mol. The summed E-state index contributed by atoms with van der Waals surface area (Å²) in [4.78, 5) is 37.1. The summed E-state index contributed by atoms with van der Waals surface area (Å²) in [5.41, 5.74) is 0. The van der Waals surface area contributed by atoms with Crippen molar-refractivity contribution in [1.29, 1.82) is 0 Å². The molecule has 1 fully saturated rings. The number of hydrogen-bond donors (Lipinski definition) is 2. The molecule has 0 aromatic rings. The summed E-state index contributed by atoms with van der Waals surface area (Å²) in [6, 6.07) is -0.581. The van der Waals surface area contributed by atoms with Gasteiger partial charge in [-0.15, -0.1) is 0 Å². The SMILES string of the molecule is CC(C)CC(NC(=O)[C@@H]1CCC[C@@H]1C(=O)O)C(=O)N(C)C. The normalized spacial score (nSPS) is 22.9. The second-order valence-electron chi connectivity index (χ2n) is 6.41. The van der Waals surface area contributed by atoms with Gasteiger partial charge in [0, 0.05) is 14.1 Å². The zero-order chi connectivity index (χ0) is 16.2. The van der Waals surface area contributed by atoms with Crippen LogP contribution in [0.4, 0.5) is 0 Å². The summed E-state index contributed by atoms with van der Waals surface area (Å²) in [5.74, 6) is -2.26. The van der Waals surface area contributed by atoms with Crippen LogP contribution in [0.1, 0.15) is 39.5 Å². The lowest BCUT2D eigenvalue weighted by molar-refractivity contribution is -0.146. The van der Waals surface area contributed by atoms with Gasteiger partial charge in [0.05, 0.1) is 11.8 Å². The van der Waals surface area contributed by atoms with Crippen molar-refractivity contribution in [3.05, 3.63) is 0 Å². The van der Waals surface area contributed by atoms with E-state index in [4.69, 9.17) is 5.11 Å². The minimum Gasteiger partial charge on any atom is -0.481 e. The molecule has 2 N–H and O–H groups in total. The van der Waals surface area contributed by atoms with Gasteiger partial charge in [0.15, 0.2) is 0 Å². The number of carbonyl (C=O) groups is 3. The molecule has 0 aromatic heterocycles. The van der Waals surface area contributed by atoms with E-state index >= 15 is 0 Å². The lowest BCUT2D eigenvalue weighted by atomic mass is 9.94. The predicted molar refractivity (Wildman–Crippen MR) is 78.5 cm³/mol. The van der Waals surface area contributed by atoms with Gasteiger partial charge in [-0.05, 0) is 25.2 Å². The second-order valence-corrected chi connectivity index (χ2v) is 6.41. The minimum atomic E-state index is -0.924. The lowest BCUT2D eigenvalue weighted by Gasteiger charge is -2.25. The fourth-order valence-electron chi connectivity index (χ4n) is 2.85. The van der Waals surface area contributed by atoms with Gasteiger partial charge in [0.1, 0.15) is 6.04 Å². The molecule has 0 radical (unpaired) electrons. The first-order valence-electron chi connectivity index (χ1n) is 7.48. The van der Waals surface area contributed by atoms with Crippen LogP contribution >= 0.6 is 0 Å². The average Bonchev–Trinajstić information content (AvgIpc) is 2.85. The third-order valence-corrected chi connectivity index (χ3v) is 3.93. The molecule has 21 heavy (non-hydrogen) atoms. The van der Waals surface area contributed by atoms with E-state index in [2.05, 4.69) is 5.32 Å². The highest BCUT2D eigenvalue weighted by molar-refractivity contribution is 5.90. The molecule has 1 aliphatic carbocycles. The number of likely N-dealkylation sites (N-methyl/N-ethyl adjacent to an activating group) is 1. The average molecular weight is 298 g/mol. The fourth-order valence-corrected chi connectivity index (χ4v) is 2.85. The van der Waals surface area contributed by atoms with Crippen LogP contribution in [0.25, 0.3) is 0 Å². The third-order valence-electron chi connectivity index (χ3n) is 3.93. The van der Waals surface area contributed by atoms with Crippen LogP contribution in [-0.4, -0.2) is 47.9 Å². The van der Waals surface area contributed by atoms with Gasteiger partial charge < -0.3 is 15.3 Å². The number of carbonyl (C=O) groups excluding carboxylic acids is 2. The van der Waals surface area contributed by atoms with Gasteiger partial charge in [0.25, 0.3) is 0 Å². The third kappa shape index (κ3) is 4.72. The maximum Gasteiger partial charge on any atom is 0.307 e. The van der Waals surface area contributed by atoms with Crippen LogP contribution in [0.5, 0.6) is 0 Å². The molecule has 1 unspecified atom stereocenters. The van der Waals surface area contributed by atoms with E-state index in [0.29, 0.717) is 19.3 Å². The molecule has 1 rings (SSSR count). The summed E-state index contributed by atoms with van der Waals surface area (Å²) < 4.78 is 0. The minimum absolute atomic E-state index is 0.151. The van der Waals surface area contributed by atoms with E-state index < -0.39 is 23.8 Å². The second kappa shape index (κ2) is 7.43. The van der Waals surface area contributed by atoms with Crippen LogP contribution in [0, 0.1) is 17.8 Å². The van der Waals surface area contributed by atoms with E-state index in [9.17, 15) is 14.4 Å². The molecule has 0 aromatic carbocycles. The van der Waals surface area contributed by atoms with Gasteiger partial charge in [-0.1, -0.05) is 20.3 Å². The largest absolute Gasteiger partial charge is 0.481 e. The van der Waals surface area contributed by atoms with Crippen molar-refractivity contribution in [2.24, 2.45) is 17.8 Å². The van der Waals surface area contributed by atoms with E-state index in [1.165, 1.54) is 4.90 Å². The smallest absolute Gasteiger partial charge is 0.307 e. The maximum atomic E-state index is 12.3. The number of carboxylic acid groups (broad SMARTS) is 1. The van der Waals surface area contributed by atoms with Crippen LogP contribution in [0.3, 0.4) is 0 Å². The Hall–Kier alpha value is -1.59. The number of nitrogens with zero attached hydrogens (tertiary/aromatic N) is 1. The predicted octanol–water partition coefficient (Wildman–Crippen LogP) is 1.11. The number of aliphatic carboxylic acids is 1. The van der Waals surface area contributed by atoms with Crippen LogP contribution < -0.4 is 5.32 Å². The van der Waals surface area contributed by atoms with Gasteiger partial charge in [-0.3, -0.25) is 14.4 Å². The van der Waals surface area contributed by atoms with Crippen molar-refractivity contribution in [1.82, 2.24) is 10.2 Å². The first-order valence-corrected chi connectivity index (χ1v) is 7.48. The van der Waals surface area contributed by atoms with E-state index in [0.717, 1.165) is 6.42 Å². The van der Waals surface area contributed by atoms with Gasteiger partial charge in [-0.2, -0.15) is 0 Å². The molecule has 0 aliphatic heterocycles. The zero-order valence-corrected chi connectivity index (χ0v) is 13.3. The number of amides is 2. The summed E-state index contributed by atoms with van der Waals surface area (Å²) in [6.07, 6.45) is 2.40. The fraction of sp³-hybridized carbons (Fsp3) is 0.800. The van der Waals surface area contributed by atoms with Crippen LogP contribution in [0.15, 0.2) is 0 Å². The quantitative estimate of drug-likeness (QED) is 0.769. The first kappa shape index (κ1) is 17.5. The summed E-state index contributed by atoms with van der Waals surface area (Å²) in [5, 5.41) is 11.9. The number of nitrogens with one attached hydrogen (secondary N) is 1. The lowest BCUT2D eigenvalue weighted by Crippen LogP contribution is -2.49. The first-order chi connectivity index (χ1) is 9.73. The van der Waals surface area contributed by atoms with Crippen molar-refractivity contribution in [3.8, 4) is 0 Å². The summed E-state index contributed by atoms with van der Waals surface area (Å²) >= 11 is 0. The van der Waals surface area contributed by atoms with Crippen molar-refractivity contribution >= 4 is 17.8 Å².